The van der Waals surface area contributed by atoms with Crippen molar-refractivity contribution in [2.45, 2.75) is 54.1 Å². The molecule has 30 heavy (non-hydrogen) atoms. The Hall–Kier alpha value is -2.96. The summed E-state index contributed by atoms with van der Waals surface area (Å²) in [5, 5.41) is 0. The maximum absolute atomic E-state index is 13.6. The normalized spacial score (nSPS) is 11.8. The van der Waals surface area contributed by atoms with Gasteiger partial charge in [0.15, 0.2) is 5.78 Å². The Morgan fingerprint density at radius 3 is 2.37 bits per heavy atom. The van der Waals surface area contributed by atoms with Gasteiger partial charge in [-0.3, -0.25) is 9.59 Å². The number of aromatic nitrogens is 1. The molecule has 1 aromatic heterocycles. The van der Waals surface area contributed by atoms with E-state index in [1.165, 1.54) is 23.1 Å². The minimum Gasteiger partial charge on any atom is -0.461 e. The van der Waals surface area contributed by atoms with Gasteiger partial charge < -0.3 is 14.2 Å². The van der Waals surface area contributed by atoms with E-state index in [-0.39, 0.29) is 24.5 Å². The van der Waals surface area contributed by atoms with Crippen LogP contribution < -0.4 is 0 Å². The van der Waals surface area contributed by atoms with Gasteiger partial charge in [-0.25, -0.2) is 9.18 Å². The van der Waals surface area contributed by atoms with Crippen molar-refractivity contribution in [2.24, 2.45) is 0 Å². The lowest BCUT2D eigenvalue weighted by atomic mass is 9.99. The van der Waals surface area contributed by atoms with Gasteiger partial charge in [0, 0.05) is 29.9 Å². The van der Waals surface area contributed by atoms with Gasteiger partial charge in [-0.1, -0.05) is 6.07 Å². The Balaban J connectivity index is 2.45. The predicted octanol–water partition coefficient (Wildman–Crippen LogP) is 4.17. The van der Waals surface area contributed by atoms with Gasteiger partial charge in [-0.2, -0.15) is 0 Å². The Morgan fingerprint density at radius 1 is 1.17 bits per heavy atom. The van der Waals surface area contributed by atoms with Crippen LogP contribution in [0.2, 0.25) is 0 Å². The minimum absolute atomic E-state index is 0.184. The van der Waals surface area contributed by atoms with E-state index in [9.17, 15) is 18.8 Å². The molecule has 0 aliphatic rings. The first-order valence-electron chi connectivity index (χ1n) is 10.2. The maximum atomic E-state index is 13.6. The third kappa shape index (κ3) is 4.30. The van der Waals surface area contributed by atoms with E-state index in [4.69, 9.17) is 4.74 Å². The average Bonchev–Trinajstić information content (AvgIpc) is 2.97. The van der Waals surface area contributed by atoms with Crippen molar-refractivity contribution in [1.29, 1.82) is 0 Å². The molecule has 6 nitrogen and oxygen atoms in total. The molecule has 0 spiro atoms. The highest BCUT2D eigenvalue weighted by Crippen LogP contribution is 2.26. The highest BCUT2D eigenvalue weighted by atomic mass is 19.1. The largest absolute Gasteiger partial charge is 0.461 e. The SMILES string of the molecule is CCOC(=O)c1c(C)c(C(=O)C(C)N(CC)C(=O)c2cccc(F)c2)c(C)n1CC. The van der Waals surface area contributed by atoms with E-state index in [0.717, 1.165) is 6.07 Å². The van der Waals surface area contributed by atoms with Crippen LogP contribution in [0.5, 0.6) is 0 Å². The smallest absolute Gasteiger partial charge is 0.355 e. The minimum atomic E-state index is -0.786. The highest BCUT2D eigenvalue weighted by Gasteiger charge is 2.32. The number of Topliss-reactive ketones (excluding diaryl/α,β-unsaturated/α-hetero) is 1. The van der Waals surface area contributed by atoms with E-state index in [1.807, 2.05) is 6.92 Å². The van der Waals surface area contributed by atoms with E-state index in [0.29, 0.717) is 29.1 Å². The molecule has 0 N–H and O–H groups in total. The third-order valence-electron chi connectivity index (χ3n) is 5.32. The van der Waals surface area contributed by atoms with Crippen molar-refractivity contribution in [2.75, 3.05) is 13.2 Å². The van der Waals surface area contributed by atoms with Crippen LogP contribution in [-0.4, -0.2) is 46.3 Å². The number of halogens is 1. The number of carbonyl (C=O) groups excluding carboxylic acids is 3. The monoisotopic (exact) mass is 416 g/mol. The molecule has 0 radical (unpaired) electrons. The fourth-order valence-corrected chi connectivity index (χ4v) is 3.85. The molecule has 2 aromatic rings. The van der Waals surface area contributed by atoms with Gasteiger partial charge in [0.1, 0.15) is 11.5 Å². The molecule has 1 aromatic carbocycles. The second kappa shape index (κ2) is 9.69. The molecule has 7 heteroatoms. The lowest BCUT2D eigenvalue weighted by molar-refractivity contribution is 0.0512. The number of hydrogen-bond acceptors (Lipinski definition) is 4. The van der Waals surface area contributed by atoms with Crippen LogP contribution in [0.1, 0.15) is 70.2 Å². The molecule has 1 amide bonds. The Morgan fingerprint density at radius 2 is 1.83 bits per heavy atom. The van der Waals surface area contributed by atoms with Crippen molar-refractivity contribution < 1.29 is 23.5 Å². The lowest BCUT2D eigenvalue weighted by Gasteiger charge is -2.27. The fraction of sp³-hybridized carbons (Fsp3) is 0.435. The molecule has 0 saturated carbocycles. The Kier molecular flexibility index (Phi) is 7.54. The first-order valence-corrected chi connectivity index (χ1v) is 10.2. The molecule has 0 aliphatic carbocycles. The van der Waals surface area contributed by atoms with E-state index in [1.54, 1.807) is 39.2 Å². The molecule has 162 valence electrons. The zero-order valence-electron chi connectivity index (χ0n) is 18.4. The van der Waals surface area contributed by atoms with E-state index < -0.39 is 23.7 Å². The molecule has 1 atom stereocenters. The number of hydrogen-bond donors (Lipinski definition) is 0. The standard InChI is InChI=1S/C23H29FN2O4/c1-7-25-15(5)19(14(4)20(25)23(29)30-9-3)21(27)16(6)26(8-2)22(28)17-11-10-12-18(24)13-17/h10-13,16H,7-9H2,1-6H3. The zero-order valence-corrected chi connectivity index (χ0v) is 18.4. The van der Waals surface area contributed by atoms with Crippen LogP contribution in [0.15, 0.2) is 24.3 Å². The topological polar surface area (TPSA) is 68.6 Å². The number of amides is 1. The molecule has 0 fully saturated rings. The summed E-state index contributed by atoms with van der Waals surface area (Å²) in [6.45, 7) is 11.5. The molecule has 0 aliphatic heterocycles. The van der Waals surface area contributed by atoms with Gasteiger partial charge in [0.05, 0.1) is 12.6 Å². The van der Waals surface area contributed by atoms with Crippen molar-refractivity contribution in [3.8, 4) is 0 Å². The van der Waals surface area contributed by atoms with Crippen molar-refractivity contribution in [3.63, 3.8) is 0 Å². The molecular weight excluding hydrogens is 387 g/mol. The summed E-state index contributed by atoms with van der Waals surface area (Å²) in [5.41, 5.74) is 2.15. The van der Waals surface area contributed by atoms with Gasteiger partial charge in [0.2, 0.25) is 0 Å². The summed E-state index contributed by atoms with van der Waals surface area (Å²) >= 11 is 0. The third-order valence-corrected chi connectivity index (χ3v) is 5.32. The molecule has 1 unspecified atom stereocenters. The summed E-state index contributed by atoms with van der Waals surface area (Å²) in [5.74, 6) is -1.68. The van der Waals surface area contributed by atoms with Crippen molar-refractivity contribution in [1.82, 2.24) is 9.47 Å². The van der Waals surface area contributed by atoms with Crippen LogP contribution in [0, 0.1) is 19.7 Å². The summed E-state index contributed by atoms with van der Waals surface area (Å²) < 4.78 is 20.5. The van der Waals surface area contributed by atoms with Crippen LogP contribution in [0.3, 0.4) is 0 Å². The first kappa shape index (κ1) is 23.3. The number of likely N-dealkylation sites (N-methyl/N-ethyl adjacent to an activating group) is 1. The number of esters is 1. The second-order valence-electron chi connectivity index (χ2n) is 7.04. The number of carbonyl (C=O) groups is 3. The van der Waals surface area contributed by atoms with Gasteiger partial charge in [-0.05, 0) is 65.3 Å². The lowest BCUT2D eigenvalue weighted by Crippen LogP contribution is -2.43. The summed E-state index contributed by atoms with van der Waals surface area (Å²) in [7, 11) is 0. The second-order valence-corrected chi connectivity index (χ2v) is 7.04. The van der Waals surface area contributed by atoms with Crippen molar-refractivity contribution >= 4 is 17.7 Å². The van der Waals surface area contributed by atoms with Gasteiger partial charge in [-0.15, -0.1) is 0 Å². The number of rotatable bonds is 8. The highest BCUT2D eigenvalue weighted by molar-refractivity contribution is 6.07. The van der Waals surface area contributed by atoms with Crippen molar-refractivity contribution in [3.05, 3.63) is 58.2 Å². The number of nitrogens with zero attached hydrogens (tertiary/aromatic N) is 2. The summed E-state index contributed by atoms with van der Waals surface area (Å²) in [6.07, 6.45) is 0. The molecule has 0 bridgehead atoms. The summed E-state index contributed by atoms with van der Waals surface area (Å²) in [6, 6.07) is 4.62. The average molecular weight is 416 g/mol. The first-order chi connectivity index (χ1) is 14.2. The number of ketones is 1. The van der Waals surface area contributed by atoms with Gasteiger partial charge >= 0.3 is 5.97 Å². The Bertz CT molecular complexity index is 964. The molecule has 1 heterocycles. The fourth-order valence-electron chi connectivity index (χ4n) is 3.85. The van der Waals surface area contributed by atoms with E-state index in [2.05, 4.69) is 0 Å². The van der Waals surface area contributed by atoms with Crippen LogP contribution in [-0.2, 0) is 11.3 Å². The number of benzene rings is 1. The van der Waals surface area contributed by atoms with Crippen LogP contribution >= 0.6 is 0 Å². The zero-order chi connectivity index (χ0) is 22.6. The van der Waals surface area contributed by atoms with Gasteiger partial charge in [0.25, 0.3) is 5.91 Å². The van der Waals surface area contributed by atoms with Crippen LogP contribution in [0.4, 0.5) is 4.39 Å². The molecule has 0 saturated heterocycles. The maximum Gasteiger partial charge on any atom is 0.355 e. The number of ether oxygens (including phenoxy) is 1. The molecular formula is C23H29FN2O4. The van der Waals surface area contributed by atoms with E-state index >= 15 is 0 Å². The Labute approximate surface area is 176 Å². The van der Waals surface area contributed by atoms with Crippen LogP contribution in [0.25, 0.3) is 0 Å². The predicted molar refractivity (Wildman–Crippen MR) is 112 cm³/mol. The molecule has 2 rings (SSSR count). The summed E-state index contributed by atoms with van der Waals surface area (Å²) in [4.78, 5) is 40.2. The quantitative estimate of drug-likeness (QED) is 0.478.